The molecule has 0 spiro atoms. The van der Waals surface area contributed by atoms with Crippen LogP contribution in [0.2, 0.25) is 0 Å². The third-order valence-corrected chi connectivity index (χ3v) is 14.2. The molecule has 2 aliphatic heterocycles. The fourth-order valence-corrected chi connectivity index (χ4v) is 9.22. The SMILES string of the molecule is CNC(=O)O[C@H](C(=O)NN(Cc1c(F)cc(-c2cnn(C(F)F)c2)cc1F)C[C@H](O)[C@H](Cc1ccc(C#Cc2ccc(N3C[C@@H]4C[C@H](CN(C(C)=O)C4)C3)nc2)cc1)NC(=O)[C@@H](NC(=O)OC)C(C)(C)C(F)(F)F)C(C)(C)C(F)(F)F. The Balaban J connectivity index is 1.32. The molecule has 2 fully saturated rings. The van der Waals surface area contributed by atoms with E-state index in [0.29, 0.717) is 80.9 Å². The van der Waals surface area contributed by atoms with Crippen LogP contribution in [0.15, 0.2) is 67.1 Å². The van der Waals surface area contributed by atoms with Gasteiger partial charge in [-0.25, -0.2) is 33.0 Å². The monoisotopic (exact) mass is 1150 g/mol. The van der Waals surface area contributed by atoms with Gasteiger partial charge in [0, 0.05) is 87.9 Å². The topological polar surface area (TPSA) is 213 Å². The third kappa shape index (κ3) is 15.4. The second-order valence-corrected chi connectivity index (χ2v) is 20.8. The van der Waals surface area contributed by atoms with Crippen LogP contribution in [0.1, 0.15) is 69.8 Å². The normalized spacial score (nSPS) is 17.3. The van der Waals surface area contributed by atoms with E-state index in [1.54, 1.807) is 19.2 Å². The summed E-state index contributed by atoms with van der Waals surface area (Å²) in [6.45, 7) is 1.12. The van der Waals surface area contributed by atoms with Crippen LogP contribution in [0.3, 0.4) is 0 Å². The molecular weight excluding hydrogens is 1090 g/mol. The molecule has 2 saturated heterocycles. The summed E-state index contributed by atoms with van der Waals surface area (Å²) in [6, 6.07) is 6.71. The van der Waals surface area contributed by atoms with Gasteiger partial charge in [-0.1, -0.05) is 24.0 Å². The average Bonchev–Trinajstić information content (AvgIpc) is 3.90. The number of fused-ring (bicyclic) bond motifs is 2. The molecule has 0 saturated carbocycles. The van der Waals surface area contributed by atoms with Crippen LogP contribution in [-0.4, -0.2) is 143 Å². The van der Waals surface area contributed by atoms with Crippen LogP contribution in [0.4, 0.5) is 59.3 Å². The van der Waals surface area contributed by atoms with E-state index in [-0.39, 0.29) is 27.3 Å². The smallest absolute Gasteiger partial charge is 0.407 e. The molecule has 2 aliphatic rings. The number of hydrazine groups is 1. The maximum Gasteiger partial charge on any atom is 0.407 e. The van der Waals surface area contributed by atoms with Gasteiger partial charge < -0.3 is 40.3 Å². The fourth-order valence-electron chi connectivity index (χ4n) is 9.22. The molecule has 81 heavy (non-hydrogen) atoms. The molecule has 6 rings (SSSR count). The first kappa shape index (κ1) is 62.5. The number of hydrogen-bond acceptors (Lipinski definition) is 12. The molecule has 0 unspecified atom stereocenters. The number of halogens is 10. The predicted molar refractivity (Wildman–Crippen MR) is 270 cm³/mol. The maximum atomic E-state index is 16.0. The highest BCUT2D eigenvalue weighted by Crippen LogP contribution is 2.43. The number of piperidine rings is 2. The van der Waals surface area contributed by atoms with Gasteiger partial charge in [0.05, 0.1) is 30.9 Å². The number of pyridine rings is 1. The van der Waals surface area contributed by atoms with Gasteiger partial charge in [-0.3, -0.25) is 19.8 Å². The lowest BCUT2D eigenvalue weighted by atomic mass is 9.82. The van der Waals surface area contributed by atoms with Crippen molar-refractivity contribution in [3.63, 3.8) is 0 Å². The van der Waals surface area contributed by atoms with E-state index >= 15 is 8.78 Å². The lowest BCUT2D eigenvalue weighted by Crippen LogP contribution is -2.62. The van der Waals surface area contributed by atoms with E-state index in [1.807, 2.05) is 27.0 Å². The largest absolute Gasteiger partial charge is 0.453 e. The first-order valence-electron chi connectivity index (χ1n) is 25.1. The van der Waals surface area contributed by atoms with Gasteiger partial charge in [-0.2, -0.15) is 40.2 Å². The Hall–Kier alpha value is -7.67. The second kappa shape index (κ2) is 25.4. The molecule has 4 heterocycles. The number of ether oxygens (including phenoxy) is 2. The summed E-state index contributed by atoms with van der Waals surface area (Å²) in [5.74, 6) is 1.23. The number of methoxy groups -OCH3 is 1. The van der Waals surface area contributed by atoms with Crippen molar-refractivity contribution >= 4 is 35.7 Å². The summed E-state index contributed by atoms with van der Waals surface area (Å²) in [4.78, 5) is 73.5. The van der Waals surface area contributed by atoms with Crippen molar-refractivity contribution in [1.29, 1.82) is 0 Å². The number of alkyl carbamates (subject to hydrolysis) is 2. The van der Waals surface area contributed by atoms with Crippen molar-refractivity contribution in [2.45, 2.75) is 97.2 Å². The van der Waals surface area contributed by atoms with Crippen molar-refractivity contribution in [3.8, 4) is 23.0 Å². The number of benzene rings is 2. The van der Waals surface area contributed by atoms with E-state index in [1.165, 1.54) is 24.3 Å². The minimum absolute atomic E-state index is 0.0486. The number of alkyl halides is 8. The molecule has 6 atom stereocenters. The Morgan fingerprint density at radius 2 is 1.40 bits per heavy atom. The van der Waals surface area contributed by atoms with Crippen LogP contribution in [0.25, 0.3) is 11.1 Å². The molecular formula is C53H60F10N10O8. The van der Waals surface area contributed by atoms with Crippen molar-refractivity contribution in [3.05, 3.63) is 101 Å². The highest BCUT2D eigenvalue weighted by Gasteiger charge is 2.58. The molecule has 18 nitrogen and oxygen atoms in total. The molecule has 28 heteroatoms. The standard InChI is InChI=1S/C53H60F10N10O8/c1-29(74)70-22-33-16-34(23-70)25-71(24-33)42-15-14-32(20-65-42)13-10-30-8-11-31(12-9-30)17-40(67-45(76)43(68-49(79)80-7)50(2,3)52(58,59)60)41(75)28-72(69-46(77)44(81-48(78)64-6)51(4,5)53(61,62)63)27-37-38(54)18-35(19-39(37)55)36-21-66-73(26-36)47(56)57/h8-9,11-12,14-15,18-21,26,33-34,40-41,43-44,47,75H,16-17,22-25,27-28H2,1-7H3,(H,64,78)(H,67,76)(H,68,79)(H,69,77)/t33-,34-,40+,41+,43-,44-/m1/s1. The third-order valence-electron chi connectivity index (χ3n) is 14.2. The quantitative estimate of drug-likeness (QED) is 0.0393. The Morgan fingerprint density at radius 1 is 0.802 bits per heavy atom. The minimum atomic E-state index is -5.27. The number of aliphatic hydroxyl groups is 1. The molecule has 5 N–H and O–H groups in total. The summed E-state index contributed by atoms with van der Waals surface area (Å²) in [5, 5.41) is 22.0. The number of rotatable bonds is 18. The van der Waals surface area contributed by atoms with Gasteiger partial charge in [0.25, 0.3) is 5.91 Å². The number of likely N-dealkylation sites (tertiary alicyclic amines) is 1. The number of amides is 5. The van der Waals surface area contributed by atoms with Crippen LogP contribution < -0.4 is 26.3 Å². The van der Waals surface area contributed by atoms with Crippen LogP contribution in [0, 0.1) is 46.1 Å². The number of aliphatic hydroxyl groups excluding tert-OH is 1. The summed E-state index contributed by atoms with van der Waals surface area (Å²) in [6.07, 6.45) is -14.6. The Bertz CT molecular complexity index is 2930. The fraction of sp³-hybridized carbons (Fsp3) is 0.491. The minimum Gasteiger partial charge on any atom is -0.453 e. The lowest BCUT2D eigenvalue weighted by molar-refractivity contribution is -0.239. The Morgan fingerprint density at radius 3 is 1.91 bits per heavy atom. The lowest BCUT2D eigenvalue weighted by Gasteiger charge is -2.46. The molecule has 0 aliphatic carbocycles. The maximum absolute atomic E-state index is 16.0. The Kier molecular flexibility index (Phi) is 19.6. The zero-order valence-electron chi connectivity index (χ0n) is 44.8. The number of nitrogens with zero attached hydrogens (tertiary/aromatic N) is 6. The first-order valence-corrected chi connectivity index (χ1v) is 25.1. The summed E-state index contributed by atoms with van der Waals surface area (Å²) < 4.78 is 155. The summed E-state index contributed by atoms with van der Waals surface area (Å²) >= 11 is 0. The zero-order valence-corrected chi connectivity index (χ0v) is 44.8. The van der Waals surface area contributed by atoms with Gasteiger partial charge in [-0.15, -0.1) is 0 Å². The van der Waals surface area contributed by atoms with Crippen LogP contribution >= 0.6 is 0 Å². The van der Waals surface area contributed by atoms with Crippen molar-refractivity contribution in [1.82, 2.24) is 46.0 Å². The first-order chi connectivity index (χ1) is 37.8. The van der Waals surface area contributed by atoms with Gasteiger partial charge in [0.15, 0.2) is 6.10 Å². The number of aromatic nitrogens is 3. The van der Waals surface area contributed by atoms with Crippen molar-refractivity contribution in [2.75, 3.05) is 51.8 Å². The Labute approximate surface area is 458 Å². The number of anilines is 1. The zero-order chi connectivity index (χ0) is 59.9. The predicted octanol–water partition coefficient (Wildman–Crippen LogP) is 6.87. The van der Waals surface area contributed by atoms with Gasteiger partial charge >= 0.3 is 31.1 Å². The highest BCUT2D eigenvalue weighted by molar-refractivity contribution is 5.87. The molecule has 4 aromatic rings. The van der Waals surface area contributed by atoms with Crippen molar-refractivity contribution < 1.29 is 82.5 Å². The average molecular weight is 1160 g/mol. The van der Waals surface area contributed by atoms with Crippen LogP contribution in [0.5, 0.6) is 0 Å². The van der Waals surface area contributed by atoms with Crippen LogP contribution in [-0.2, 0) is 36.8 Å². The van der Waals surface area contributed by atoms with E-state index in [9.17, 15) is 64.2 Å². The molecule has 440 valence electrons. The molecule has 0 radical (unpaired) electrons. The molecule has 2 aromatic carbocycles. The summed E-state index contributed by atoms with van der Waals surface area (Å²) in [5.41, 5.74) is -4.45. The van der Waals surface area contributed by atoms with E-state index in [4.69, 9.17) is 4.74 Å². The van der Waals surface area contributed by atoms with Gasteiger partial charge in [-0.05, 0) is 99.9 Å². The number of carbonyl (C=O) groups is 5. The van der Waals surface area contributed by atoms with Gasteiger partial charge in [0.1, 0.15) is 28.9 Å². The highest BCUT2D eigenvalue weighted by atomic mass is 19.4. The van der Waals surface area contributed by atoms with E-state index in [0.717, 1.165) is 51.9 Å². The number of hydrogen-bond donors (Lipinski definition) is 5. The van der Waals surface area contributed by atoms with Crippen molar-refractivity contribution in [2.24, 2.45) is 22.7 Å². The van der Waals surface area contributed by atoms with E-state index in [2.05, 4.69) is 36.9 Å². The van der Waals surface area contributed by atoms with Gasteiger partial charge in [0.2, 0.25) is 11.8 Å². The molecule has 2 bridgehead atoms. The molecule has 2 aromatic heterocycles. The summed E-state index contributed by atoms with van der Waals surface area (Å²) in [7, 11) is 1.78. The second-order valence-electron chi connectivity index (χ2n) is 20.8. The van der Waals surface area contributed by atoms with E-state index < -0.39 is 115 Å². The molecule has 5 amide bonds. The number of carbonyl (C=O) groups excluding carboxylic acids is 5. The number of nitrogens with one attached hydrogen (secondary N) is 4.